The van der Waals surface area contributed by atoms with E-state index in [1.165, 1.54) is 0 Å². The van der Waals surface area contributed by atoms with E-state index in [-0.39, 0.29) is 0 Å². The van der Waals surface area contributed by atoms with Crippen molar-refractivity contribution in [3.05, 3.63) is 29.0 Å². The second-order valence-corrected chi connectivity index (χ2v) is 2.59. The first kappa shape index (κ1) is 9.05. The van der Waals surface area contributed by atoms with Gasteiger partial charge in [0, 0.05) is 11.8 Å². The monoisotopic (exact) mass is 180 g/mol. The number of hydrogen-bond donors (Lipinski definition) is 1. The molecule has 0 radical (unpaired) electrons. The summed E-state index contributed by atoms with van der Waals surface area (Å²) in [5.41, 5.74) is 0.884. The Bertz CT molecular complexity index is 295. The van der Waals surface area contributed by atoms with E-state index >= 15 is 0 Å². The maximum atomic E-state index is 5.60. The number of halogens is 1. The van der Waals surface area contributed by atoms with Crippen molar-refractivity contribution in [2.45, 2.75) is 0 Å². The molecule has 0 atom stereocenters. The largest absolute Gasteiger partial charge is 0.309 e. The van der Waals surface area contributed by atoms with Crippen molar-refractivity contribution in [3.63, 3.8) is 0 Å². The van der Waals surface area contributed by atoms with Gasteiger partial charge < -0.3 is 5.32 Å². The molecule has 1 aromatic heterocycles. The van der Waals surface area contributed by atoms with Crippen LogP contribution >= 0.6 is 11.6 Å². The molecule has 0 aliphatic rings. The zero-order valence-electron chi connectivity index (χ0n) is 6.76. The van der Waals surface area contributed by atoms with Crippen molar-refractivity contribution in [2.75, 3.05) is 13.6 Å². The molecule has 1 N–H and O–H groups in total. The van der Waals surface area contributed by atoms with Gasteiger partial charge in [0.1, 0.15) is 5.15 Å². The molecule has 12 heavy (non-hydrogen) atoms. The van der Waals surface area contributed by atoms with E-state index in [0.717, 1.165) is 5.56 Å². The van der Waals surface area contributed by atoms with Crippen LogP contribution in [0.3, 0.4) is 0 Å². The molecule has 62 valence electrons. The SMILES string of the molecule is CNCC#Cc1ccc(Cl)nc1. The van der Waals surface area contributed by atoms with Gasteiger partial charge in [0.05, 0.1) is 6.54 Å². The van der Waals surface area contributed by atoms with E-state index in [1.54, 1.807) is 12.3 Å². The van der Waals surface area contributed by atoms with Gasteiger partial charge in [-0.1, -0.05) is 23.4 Å². The third-order valence-electron chi connectivity index (χ3n) is 1.23. The smallest absolute Gasteiger partial charge is 0.129 e. The zero-order valence-corrected chi connectivity index (χ0v) is 7.52. The summed E-state index contributed by atoms with van der Waals surface area (Å²) in [6.07, 6.45) is 1.66. The summed E-state index contributed by atoms with van der Waals surface area (Å²) in [5.74, 6) is 5.87. The lowest BCUT2D eigenvalue weighted by Gasteiger charge is -1.89. The van der Waals surface area contributed by atoms with Crippen LogP contribution in [0.5, 0.6) is 0 Å². The van der Waals surface area contributed by atoms with Crippen molar-refractivity contribution < 1.29 is 0 Å². The molecule has 1 heterocycles. The number of rotatable bonds is 1. The predicted octanol–water partition coefficient (Wildman–Crippen LogP) is 1.31. The standard InChI is InChI=1S/C9H9ClN2/c1-11-6-2-3-8-4-5-9(10)12-7-8/h4-5,7,11H,6H2,1H3. The minimum atomic E-state index is 0.495. The molecule has 1 rings (SSSR count). The quantitative estimate of drug-likeness (QED) is 0.521. The highest BCUT2D eigenvalue weighted by atomic mass is 35.5. The molecule has 0 aromatic carbocycles. The van der Waals surface area contributed by atoms with Crippen LogP contribution in [0, 0.1) is 11.8 Å². The van der Waals surface area contributed by atoms with Crippen LogP contribution < -0.4 is 5.32 Å². The summed E-state index contributed by atoms with van der Waals surface area (Å²) in [5, 5.41) is 3.42. The molecule has 1 aromatic rings. The van der Waals surface area contributed by atoms with Crippen molar-refractivity contribution in [1.82, 2.24) is 10.3 Å². The Balaban J connectivity index is 2.66. The van der Waals surface area contributed by atoms with Gasteiger partial charge in [-0.3, -0.25) is 0 Å². The highest BCUT2D eigenvalue weighted by molar-refractivity contribution is 6.29. The average Bonchev–Trinajstić information content (AvgIpc) is 2.09. The average molecular weight is 181 g/mol. The van der Waals surface area contributed by atoms with Crippen LogP contribution in [-0.4, -0.2) is 18.6 Å². The molecule has 0 saturated heterocycles. The first-order valence-corrected chi connectivity index (χ1v) is 3.96. The van der Waals surface area contributed by atoms with Gasteiger partial charge in [0.25, 0.3) is 0 Å². The van der Waals surface area contributed by atoms with Gasteiger partial charge in [0.2, 0.25) is 0 Å². The molecule has 0 bridgehead atoms. The Kier molecular flexibility index (Phi) is 3.59. The normalized spacial score (nSPS) is 8.83. The molecular formula is C9H9ClN2. The molecule has 0 aliphatic carbocycles. The van der Waals surface area contributed by atoms with E-state index < -0.39 is 0 Å². The van der Waals surface area contributed by atoms with Crippen molar-refractivity contribution >= 4 is 11.6 Å². The number of nitrogens with one attached hydrogen (secondary N) is 1. The molecule has 0 unspecified atom stereocenters. The summed E-state index contributed by atoms with van der Waals surface area (Å²) in [7, 11) is 1.86. The first-order chi connectivity index (χ1) is 5.83. The number of nitrogens with zero attached hydrogens (tertiary/aromatic N) is 1. The lowest BCUT2D eigenvalue weighted by Crippen LogP contribution is -2.04. The maximum Gasteiger partial charge on any atom is 0.129 e. The van der Waals surface area contributed by atoms with Crippen LogP contribution in [0.1, 0.15) is 5.56 Å². The van der Waals surface area contributed by atoms with Crippen LogP contribution in [-0.2, 0) is 0 Å². The third kappa shape index (κ3) is 2.91. The fourth-order valence-corrected chi connectivity index (χ4v) is 0.796. The lowest BCUT2D eigenvalue weighted by molar-refractivity contribution is 0.938. The summed E-state index contributed by atoms with van der Waals surface area (Å²) in [4.78, 5) is 3.90. The van der Waals surface area contributed by atoms with E-state index in [2.05, 4.69) is 22.1 Å². The fourth-order valence-electron chi connectivity index (χ4n) is 0.684. The molecule has 0 aliphatic heterocycles. The van der Waals surface area contributed by atoms with Gasteiger partial charge in [-0.05, 0) is 19.2 Å². The summed E-state index contributed by atoms with van der Waals surface area (Å²) in [6.45, 7) is 0.683. The Labute approximate surface area is 77.0 Å². The molecule has 3 heteroatoms. The predicted molar refractivity (Wildman–Crippen MR) is 50.1 cm³/mol. The molecular weight excluding hydrogens is 172 g/mol. The molecule has 0 saturated carbocycles. The van der Waals surface area contributed by atoms with Crippen LogP contribution in [0.15, 0.2) is 18.3 Å². The first-order valence-electron chi connectivity index (χ1n) is 3.58. The number of aromatic nitrogens is 1. The van der Waals surface area contributed by atoms with Gasteiger partial charge in [-0.25, -0.2) is 4.98 Å². The topological polar surface area (TPSA) is 24.9 Å². The molecule has 0 spiro atoms. The minimum Gasteiger partial charge on any atom is -0.309 e. The van der Waals surface area contributed by atoms with Crippen LogP contribution in [0.25, 0.3) is 0 Å². The summed E-state index contributed by atoms with van der Waals surface area (Å²) in [6, 6.07) is 3.57. The Morgan fingerprint density at radius 3 is 3.00 bits per heavy atom. The second-order valence-electron chi connectivity index (χ2n) is 2.20. The molecule has 0 amide bonds. The van der Waals surface area contributed by atoms with Gasteiger partial charge >= 0.3 is 0 Å². The van der Waals surface area contributed by atoms with Crippen LogP contribution in [0.4, 0.5) is 0 Å². The van der Waals surface area contributed by atoms with Gasteiger partial charge in [-0.2, -0.15) is 0 Å². The number of hydrogen-bond acceptors (Lipinski definition) is 2. The lowest BCUT2D eigenvalue weighted by atomic mass is 10.3. The highest BCUT2D eigenvalue weighted by Gasteiger charge is 1.87. The van der Waals surface area contributed by atoms with E-state index in [0.29, 0.717) is 11.7 Å². The third-order valence-corrected chi connectivity index (χ3v) is 1.45. The Hall–Kier alpha value is -1.04. The fraction of sp³-hybridized carbons (Fsp3) is 0.222. The summed E-state index contributed by atoms with van der Waals surface area (Å²) >= 11 is 5.60. The molecule has 2 nitrogen and oxygen atoms in total. The van der Waals surface area contributed by atoms with E-state index in [9.17, 15) is 0 Å². The van der Waals surface area contributed by atoms with Crippen LogP contribution in [0.2, 0.25) is 5.15 Å². The molecule has 0 fully saturated rings. The zero-order chi connectivity index (χ0) is 8.81. The number of pyridine rings is 1. The summed E-state index contributed by atoms with van der Waals surface area (Å²) < 4.78 is 0. The minimum absolute atomic E-state index is 0.495. The van der Waals surface area contributed by atoms with Crippen molar-refractivity contribution in [1.29, 1.82) is 0 Å². The maximum absolute atomic E-state index is 5.60. The van der Waals surface area contributed by atoms with Gasteiger partial charge in [0.15, 0.2) is 0 Å². The van der Waals surface area contributed by atoms with Gasteiger partial charge in [-0.15, -0.1) is 0 Å². The Morgan fingerprint density at radius 2 is 2.42 bits per heavy atom. The second kappa shape index (κ2) is 4.76. The van der Waals surface area contributed by atoms with Crippen molar-refractivity contribution in [2.24, 2.45) is 0 Å². The highest BCUT2D eigenvalue weighted by Crippen LogP contribution is 2.03. The van der Waals surface area contributed by atoms with E-state index in [1.807, 2.05) is 13.1 Å². The van der Waals surface area contributed by atoms with Crippen molar-refractivity contribution in [3.8, 4) is 11.8 Å². The van der Waals surface area contributed by atoms with E-state index in [4.69, 9.17) is 11.6 Å². The Morgan fingerprint density at radius 1 is 1.58 bits per heavy atom.